The predicted octanol–water partition coefficient (Wildman–Crippen LogP) is 1.41. The number of carbonyl (C=O) groups is 1. The van der Waals surface area contributed by atoms with E-state index >= 15 is 0 Å². The minimum Gasteiger partial charge on any atom is -0.464 e. The molecular formula is C15H27O8P. The van der Waals surface area contributed by atoms with Gasteiger partial charge in [0.2, 0.25) is 5.85 Å². The third kappa shape index (κ3) is 4.36. The van der Waals surface area contributed by atoms with E-state index in [1.165, 1.54) is 20.4 Å². The van der Waals surface area contributed by atoms with Crippen LogP contribution < -0.4 is 0 Å². The van der Waals surface area contributed by atoms with Crippen molar-refractivity contribution < 1.29 is 37.8 Å². The lowest BCUT2D eigenvalue weighted by molar-refractivity contribution is -0.232. The first-order valence-corrected chi connectivity index (χ1v) is 10.6. The fourth-order valence-electron chi connectivity index (χ4n) is 2.87. The smallest absolute Gasteiger partial charge is 0.342 e. The molecule has 2 aliphatic heterocycles. The van der Waals surface area contributed by atoms with Gasteiger partial charge in [0.25, 0.3) is 0 Å². The molecule has 2 rings (SSSR count). The Kier molecular flexibility index (Phi) is 6.11. The summed E-state index contributed by atoms with van der Waals surface area (Å²) in [6.07, 6.45) is -1.85. The minimum atomic E-state index is -2.85. The van der Waals surface area contributed by atoms with Crippen LogP contribution in [-0.2, 0) is 37.8 Å². The third-order valence-electron chi connectivity index (χ3n) is 3.81. The second kappa shape index (κ2) is 7.40. The van der Waals surface area contributed by atoms with Gasteiger partial charge in [-0.1, -0.05) is 0 Å². The van der Waals surface area contributed by atoms with Crippen molar-refractivity contribution in [1.29, 1.82) is 0 Å². The molecule has 2 aliphatic rings. The maximum Gasteiger partial charge on any atom is 0.342 e. The molecular weight excluding hydrogens is 339 g/mol. The molecule has 0 bridgehead atoms. The summed E-state index contributed by atoms with van der Waals surface area (Å²) in [6, 6.07) is 0. The zero-order valence-electron chi connectivity index (χ0n) is 15.0. The van der Waals surface area contributed by atoms with Crippen molar-refractivity contribution in [2.75, 3.05) is 33.7 Å². The van der Waals surface area contributed by atoms with Crippen LogP contribution in [0.2, 0.25) is 0 Å². The van der Waals surface area contributed by atoms with Crippen molar-refractivity contribution in [3.05, 3.63) is 0 Å². The summed E-state index contributed by atoms with van der Waals surface area (Å²) in [6.45, 7) is 8.50. The fraction of sp³-hybridized carbons (Fsp3) is 0.933. The van der Waals surface area contributed by atoms with Crippen LogP contribution in [0.25, 0.3) is 0 Å². The van der Waals surface area contributed by atoms with Crippen molar-refractivity contribution in [3.8, 4) is 0 Å². The van der Waals surface area contributed by atoms with Crippen LogP contribution >= 0.6 is 7.14 Å². The standard InChI is InChI=1S/C15H27O8P/c1-7-19-12(16)14(24(5,6)17)20-8-9-10-11(13(18-4)21-9)23-15(2,3)22-10/h9-11,13-14H,7-8H2,1-6H3/t9-,10-,11-,13?,14?/m1/s1. The third-order valence-corrected chi connectivity index (χ3v) is 5.30. The summed E-state index contributed by atoms with van der Waals surface area (Å²) in [4.78, 5) is 12.0. The Morgan fingerprint density at radius 3 is 2.42 bits per heavy atom. The van der Waals surface area contributed by atoms with Crippen molar-refractivity contribution in [2.45, 2.75) is 57.0 Å². The summed E-state index contributed by atoms with van der Waals surface area (Å²) >= 11 is 0. The molecule has 24 heavy (non-hydrogen) atoms. The van der Waals surface area contributed by atoms with Crippen LogP contribution in [-0.4, -0.2) is 75.9 Å². The quantitative estimate of drug-likeness (QED) is 0.493. The molecule has 0 saturated carbocycles. The molecule has 9 heteroatoms. The Bertz CT molecular complexity index is 502. The number of carbonyl (C=O) groups excluding carboxylic acids is 1. The molecule has 0 aromatic rings. The topological polar surface area (TPSA) is 89.5 Å². The Labute approximate surface area is 142 Å². The highest BCUT2D eigenvalue weighted by Gasteiger charge is 2.56. The van der Waals surface area contributed by atoms with E-state index in [4.69, 9.17) is 28.4 Å². The van der Waals surface area contributed by atoms with E-state index in [1.807, 2.05) is 13.8 Å². The van der Waals surface area contributed by atoms with Gasteiger partial charge in [0, 0.05) is 7.11 Å². The van der Waals surface area contributed by atoms with Gasteiger partial charge in [-0.25, -0.2) is 4.79 Å². The Hall–Kier alpha value is -0.500. The summed E-state index contributed by atoms with van der Waals surface area (Å²) in [5.41, 5.74) is 0. The van der Waals surface area contributed by atoms with Crippen LogP contribution in [0.15, 0.2) is 0 Å². The van der Waals surface area contributed by atoms with E-state index in [1.54, 1.807) is 6.92 Å². The van der Waals surface area contributed by atoms with Crippen molar-refractivity contribution in [2.24, 2.45) is 0 Å². The molecule has 2 heterocycles. The molecule has 2 unspecified atom stereocenters. The van der Waals surface area contributed by atoms with Gasteiger partial charge < -0.3 is 33.0 Å². The molecule has 0 N–H and O–H groups in total. The number of esters is 1. The zero-order valence-corrected chi connectivity index (χ0v) is 15.9. The number of hydrogen-bond donors (Lipinski definition) is 0. The molecule has 0 radical (unpaired) electrons. The summed E-state index contributed by atoms with van der Waals surface area (Å²) in [5, 5.41) is 0. The van der Waals surface area contributed by atoms with Gasteiger partial charge in [0.15, 0.2) is 12.1 Å². The highest BCUT2D eigenvalue weighted by molar-refractivity contribution is 7.63. The van der Waals surface area contributed by atoms with Crippen LogP contribution in [0, 0.1) is 0 Å². The number of rotatable bonds is 7. The number of methoxy groups -OCH3 is 1. The second-order valence-corrected chi connectivity index (χ2v) is 10.1. The largest absolute Gasteiger partial charge is 0.464 e. The summed E-state index contributed by atoms with van der Waals surface area (Å²) in [7, 11) is -1.33. The first-order chi connectivity index (χ1) is 11.1. The molecule has 0 spiro atoms. The van der Waals surface area contributed by atoms with E-state index in [2.05, 4.69) is 0 Å². The Morgan fingerprint density at radius 2 is 1.88 bits per heavy atom. The lowest BCUT2D eigenvalue weighted by Crippen LogP contribution is -2.36. The van der Waals surface area contributed by atoms with Crippen molar-refractivity contribution in [1.82, 2.24) is 0 Å². The first kappa shape index (κ1) is 19.8. The number of ether oxygens (including phenoxy) is 6. The molecule has 0 aliphatic carbocycles. The average molecular weight is 366 g/mol. The molecule has 0 aromatic heterocycles. The summed E-state index contributed by atoms with van der Waals surface area (Å²) < 4.78 is 45.6. The predicted molar refractivity (Wildman–Crippen MR) is 85.3 cm³/mol. The molecule has 0 aromatic carbocycles. The van der Waals surface area contributed by atoms with Gasteiger partial charge in [-0.3, -0.25) is 0 Å². The van der Waals surface area contributed by atoms with Crippen LogP contribution in [0.4, 0.5) is 0 Å². The highest BCUT2D eigenvalue weighted by atomic mass is 31.2. The van der Waals surface area contributed by atoms with Crippen LogP contribution in [0.1, 0.15) is 20.8 Å². The van der Waals surface area contributed by atoms with Gasteiger partial charge >= 0.3 is 5.97 Å². The first-order valence-electron chi connectivity index (χ1n) is 7.96. The Balaban J connectivity index is 2.04. The van der Waals surface area contributed by atoms with Crippen LogP contribution in [0.3, 0.4) is 0 Å². The van der Waals surface area contributed by atoms with E-state index in [9.17, 15) is 9.36 Å². The zero-order chi connectivity index (χ0) is 18.1. The lowest BCUT2D eigenvalue weighted by atomic mass is 10.1. The van der Waals surface area contributed by atoms with Gasteiger partial charge in [-0.15, -0.1) is 0 Å². The molecule has 0 amide bonds. The number of fused-ring (bicyclic) bond motifs is 1. The molecule has 140 valence electrons. The van der Waals surface area contributed by atoms with Gasteiger partial charge in [0.1, 0.15) is 25.5 Å². The maximum absolute atomic E-state index is 12.3. The lowest BCUT2D eigenvalue weighted by Gasteiger charge is -2.25. The summed E-state index contributed by atoms with van der Waals surface area (Å²) in [5.74, 6) is -2.51. The molecule has 2 saturated heterocycles. The second-order valence-electron chi connectivity index (χ2n) is 6.72. The molecule has 5 atom stereocenters. The maximum atomic E-state index is 12.3. The minimum absolute atomic E-state index is 0.0234. The van der Waals surface area contributed by atoms with E-state index in [0.717, 1.165) is 0 Å². The van der Waals surface area contributed by atoms with Gasteiger partial charge in [-0.05, 0) is 34.1 Å². The molecule has 8 nitrogen and oxygen atoms in total. The van der Waals surface area contributed by atoms with Gasteiger partial charge in [-0.2, -0.15) is 0 Å². The van der Waals surface area contributed by atoms with Crippen LogP contribution in [0.5, 0.6) is 0 Å². The highest BCUT2D eigenvalue weighted by Crippen LogP contribution is 2.45. The number of hydrogen-bond acceptors (Lipinski definition) is 8. The normalized spacial score (nSPS) is 33.2. The Morgan fingerprint density at radius 1 is 1.25 bits per heavy atom. The monoisotopic (exact) mass is 366 g/mol. The SMILES string of the molecule is CCOC(=O)C(OC[C@H]1OC(OC)[C@@H]2OC(C)(C)O[C@H]12)P(C)(C)=O. The van der Waals surface area contributed by atoms with E-state index in [0.29, 0.717) is 0 Å². The van der Waals surface area contributed by atoms with Gasteiger partial charge in [0.05, 0.1) is 13.2 Å². The molecule has 2 fully saturated rings. The van der Waals surface area contributed by atoms with Crippen molar-refractivity contribution in [3.63, 3.8) is 0 Å². The average Bonchev–Trinajstić information content (AvgIpc) is 2.91. The van der Waals surface area contributed by atoms with Crippen molar-refractivity contribution >= 4 is 13.1 Å². The van der Waals surface area contributed by atoms with E-state index in [-0.39, 0.29) is 25.4 Å². The fourth-order valence-corrected chi connectivity index (χ4v) is 3.89. The van der Waals surface area contributed by atoms with E-state index < -0.39 is 37.1 Å².